The zero-order chi connectivity index (χ0) is 10.6. The highest BCUT2D eigenvalue weighted by Crippen LogP contribution is 2.61. The smallest absolute Gasteiger partial charge is 0.237 e. The van der Waals surface area contributed by atoms with E-state index in [-0.39, 0.29) is 10.2 Å². The quantitative estimate of drug-likeness (QED) is 0.729. The van der Waals surface area contributed by atoms with Gasteiger partial charge in [-0.15, -0.1) is 0 Å². The first-order valence-electron chi connectivity index (χ1n) is 6.05. The van der Waals surface area contributed by atoms with E-state index < -0.39 is 0 Å². The first-order chi connectivity index (χ1) is 7.14. The number of nitrogens with one attached hydrogen (secondary N) is 1. The van der Waals surface area contributed by atoms with Gasteiger partial charge in [0.25, 0.3) is 0 Å². The van der Waals surface area contributed by atoms with Gasteiger partial charge in [-0.25, -0.2) is 0 Å². The van der Waals surface area contributed by atoms with E-state index in [9.17, 15) is 4.79 Å². The Morgan fingerprint density at radius 3 is 2.00 bits per heavy atom. The van der Waals surface area contributed by atoms with Gasteiger partial charge in [-0.2, -0.15) is 0 Å². The molecule has 4 fully saturated rings. The maximum Gasteiger partial charge on any atom is 0.237 e. The van der Waals surface area contributed by atoms with E-state index in [1.54, 1.807) is 7.05 Å². The maximum atomic E-state index is 12.1. The fraction of sp³-hybridized carbons (Fsp3) is 0.917. The van der Waals surface area contributed by atoms with E-state index in [0.29, 0.717) is 11.8 Å². The van der Waals surface area contributed by atoms with Gasteiger partial charge in [0.05, 0.1) is 0 Å². The summed E-state index contributed by atoms with van der Waals surface area (Å²) in [5.41, 5.74) is 0. The fourth-order valence-corrected chi connectivity index (χ4v) is 5.38. The molecule has 4 bridgehead atoms. The SMILES string of the molecule is CNC(=O)C1(Br)C2CC3CC(C2)CC1C3. The maximum absolute atomic E-state index is 12.1. The van der Waals surface area contributed by atoms with Crippen LogP contribution in [0.5, 0.6) is 0 Å². The second-order valence-corrected chi connectivity index (χ2v) is 6.96. The number of amides is 1. The molecule has 4 aliphatic carbocycles. The highest BCUT2D eigenvalue weighted by Gasteiger charge is 2.59. The highest BCUT2D eigenvalue weighted by molar-refractivity contribution is 9.10. The first kappa shape index (κ1) is 10.1. The summed E-state index contributed by atoms with van der Waals surface area (Å²) >= 11 is 3.80. The first-order valence-corrected chi connectivity index (χ1v) is 6.85. The topological polar surface area (TPSA) is 29.1 Å². The minimum absolute atomic E-state index is 0.219. The molecule has 0 saturated heterocycles. The van der Waals surface area contributed by atoms with Gasteiger partial charge in [0, 0.05) is 7.05 Å². The molecule has 84 valence electrons. The predicted octanol–water partition coefficient (Wildman–Crippen LogP) is 2.32. The van der Waals surface area contributed by atoms with E-state index in [1.807, 2.05) is 0 Å². The van der Waals surface area contributed by atoms with Crippen LogP contribution < -0.4 is 5.32 Å². The van der Waals surface area contributed by atoms with Crippen LogP contribution in [0.2, 0.25) is 0 Å². The number of hydrogen-bond donors (Lipinski definition) is 1. The van der Waals surface area contributed by atoms with Crippen molar-refractivity contribution in [2.45, 2.75) is 36.4 Å². The molecule has 0 aromatic heterocycles. The van der Waals surface area contributed by atoms with Crippen molar-refractivity contribution in [3.05, 3.63) is 0 Å². The van der Waals surface area contributed by atoms with Crippen LogP contribution in [-0.2, 0) is 4.79 Å². The van der Waals surface area contributed by atoms with Crippen molar-refractivity contribution in [1.82, 2.24) is 5.32 Å². The Hall–Kier alpha value is -0.0500. The van der Waals surface area contributed by atoms with Gasteiger partial charge in [-0.3, -0.25) is 4.79 Å². The van der Waals surface area contributed by atoms with Crippen molar-refractivity contribution in [2.24, 2.45) is 23.7 Å². The minimum atomic E-state index is -0.227. The largest absolute Gasteiger partial charge is 0.358 e. The zero-order valence-electron chi connectivity index (χ0n) is 9.13. The zero-order valence-corrected chi connectivity index (χ0v) is 10.7. The third-order valence-electron chi connectivity index (χ3n) is 4.90. The van der Waals surface area contributed by atoms with Crippen LogP contribution in [-0.4, -0.2) is 17.3 Å². The van der Waals surface area contributed by atoms with E-state index in [2.05, 4.69) is 21.2 Å². The van der Waals surface area contributed by atoms with Crippen LogP contribution in [0.15, 0.2) is 0 Å². The molecule has 4 rings (SSSR count). The van der Waals surface area contributed by atoms with Crippen LogP contribution >= 0.6 is 15.9 Å². The lowest BCUT2D eigenvalue weighted by molar-refractivity contribution is -0.132. The van der Waals surface area contributed by atoms with Gasteiger partial charge in [0.15, 0.2) is 0 Å². The minimum Gasteiger partial charge on any atom is -0.358 e. The molecule has 2 nitrogen and oxygen atoms in total. The molecule has 0 aromatic rings. The standard InChI is InChI=1S/C12H18BrNO/c1-14-11(15)12(13)9-3-7-2-8(5-9)6-10(12)4-7/h7-10H,2-6H2,1H3,(H,14,15). The average molecular weight is 272 g/mol. The molecular formula is C12H18BrNO. The Morgan fingerprint density at radius 2 is 1.60 bits per heavy atom. The van der Waals surface area contributed by atoms with Crippen molar-refractivity contribution in [1.29, 1.82) is 0 Å². The number of carbonyl (C=O) groups is 1. The van der Waals surface area contributed by atoms with Crippen LogP contribution in [0.25, 0.3) is 0 Å². The summed E-state index contributed by atoms with van der Waals surface area (Å²) in [6.07, 6.45) is 6.51. The van der Waals surface area contributed by atoms with Crippen molar-refractivity contribution in [2.75, 3.05) is 7.05 Å². The second kappa shape index (κ2) is 3.22. The lowest BCUT2D eigenvalue weighted by Crippen LogP contribution is -2.60. The molecule has 0 unspecified atom stereocenters. The van der Waals surface area contributed by atoms with Crippen molar-refractivity contribution >= 4 is 21.8 Å². The summed E-state index contributed by atoms with van der Waals surface area (Å²) < 4.78 is -0.227. The number of alkyl halides is 1. The van der Waals surface area contributed by atoms with Crippen LogP contribution in [0.1, 0.15) is 32.1 Å². The Labute approximate surface area is 99.3 Å². The third-order valence-corrected chi connectivity index (χ3v) is 6.56. The third kappa shape index (κ3) is 1.25. The molecule has 0 spiro atoms. The molecule has 4 saturated carbocycles. The Balaban J connectivity index is 1.94. The Morgan fingerprint density at radius 1 is 1.13 bits per heavy atom. The Bertz CT molecular complexity index is 274. The summed E-state index contributed by atoms with van der Waals surface area (Å²) in [6, 6.07) is 0. The van der Waals surface area contributed by atoms with Crippen LogP contribution in [0.4, 0.5) is 0 Å². The number of carbonyl (C=O) groups excluding carboxylic acids is 1. The molecule has 1 N–H and O–H groups in total. The summed E-state index contributed by atoms with van der Waals surface area (Å²) in [4.78, 5) is 12.1. The summed E-state index contributed by atoms with van der Waals surface area (Å²) in [7, 11) is 1.76. The monoisotopic (exact) mass is 271 g/mol. The normalized spacial score (nSPS) is 51.9. The summed E-state index contributed by atoms with van der Waals surface area (Å²) in [6.45, 7) is 0. The molecule has 0 aliphatic heterocycles. The van der Waals surface area contributed by atoms with E-state index in [4.69, 9.17) is 0 Å². The summed E-state index contributed by atoms with van der Waals surface area (Å²) in [5.74, 6) is 3.24. The van der Waals surface area contributed by atoms with Crippen molar-refractivity contribution in [3.8, 4) is 0 Å². The van der Waals surface area contributed by atoms with Gasteiger partial charge in [0.1, 0.15) is 4.32 Å². The van der Waals surface area contributed by atoms with Crippen LogP contribution in [0, 0.1) is 23.7 Å². The van der Waals surface area contributed by atoms with Gasteiger partial charge in [-0.05, 0) is 55.8 Å². The van der Waals surface area contributed by atoms with Crippen molar-refractivity contribution < 1.29 is 4.79 Å². The molecule has 0 heterocycles. The van der Waals surface area contributed by atoms with E-state index >= 15 is 0 Å². The number of rotatable bonds is 1. The van der Waals surface area contributed by atoms with E-state index in [0.717, 1.165) is 11.8 Å². The molecular weight excluding hydrogens is 254 g/mol. The van der Waals surface area contributed by atoms with E-state index in [1.165, 1.54) is 32.1 Å². The highest BCUT2D eigenvalue weighted by atomic mass is 79.9. The molecule has 0 aromatic carbocycles. The predicted molar refractivity (Wildman–Crippen MR) is 62.8 cm³/mol. The van der Waals surface area contributed by atoms with Gasteiger partial charge in [0.2, 0.25) is 5.91 Å². The molecule has 15 heavy (non-hydrogen) atoms. The lowest BCUT2D eigenvalue weighted by Gasteiger charge is -2.57. The molecule has 0 radical (unpaired) electrons. The average Bonchev–Trinajstić information content (AvgIpc) is 2.23. The second-order valence-electron chi connectivity index (χ2n) is 5.65. The van der Waals surface area contributed by atoms with Gasteiger partial charge < -0.3 is 5.32 Å². The molecule has 1 amide bonds. The van der Waals surface area contributed by atoms with Crippen molar-refractivity contribution in [3.63, 3.8) is 0 Å². The Kier molecular flexibility index (Phi) is 2.17. The van der Waals surface area contributed by atoms with Gasteiger partial charge >= 0.3 is 0 Å². The van der Waals surface area contributed by atoms with Crippen LogP contribution in [0.3, 0.4) is 0 Å². The summed E-state index contributed by atoms with van der Waals surface area (Å²) in [5, 5.41) is 2.85. The van der Waals surface area contributed by atoms with Gasteiger partial charge in [-0.1, -0.05) is 15.9 Å². The molecule has 3 heteroatoms. The molecule has 0 atom stereocenters. The molecule has 4 aliphatic rings. The fourth-order valence-electron chi connectivity index (χ4n) is 4.43. The lowest BCUT2D eigenvalue weighted by atomic mass is 9.51. The number of halogens is 1. The number of hydrogen-bond acceptors (Lipinski definition) is 1.